The Balaban J connectivity index is 2.98. The highest BCUT2D eigenvalue weighted by atomic mass is 16.2. The Bertz CT molecular complexity index is 112. The molecule has 92 valence electrons. The van der Waals surface area contributed by atoms with E-state index in [-0.39, 0.29) is 0 Å². The van der Waals surface area contributed by atoms with Crippen molar-refractivity contribution in [1.29, 1.82) is 0 Å². The molecule has 15 heavy (non-hydrogen) atoms. The molecule has 0 saturated heterocycles. The van der Waals surface area contributed by atoms with Gasteiger partial charge in [0.25, 0.3) is 0 Å². The van der Waals surface area contributed by atoms with Crippen molar-refractivity contribution in [1.82, 2.24) is 0 Å². The molecule has 0 aliphatic carbocycles. The highest BCUT2D eigenvalue weighted by Gasteiger charge is 1.99. The number of aliphatic hydroxyl groups excluding tert-OH is 1. The van der Waals surface area contributed by atoms with Crippen molar-refractivity contribution < 1.29 is 5.11 Å². The molecule has 0 unspecified atom stereocenters. The summed E-state index contributed by atoms with van der Waals surface area (Å²) in [6.45, 7) is 5.02. The number of hydrogen-bond acceptors (Lipinski definition) is 1. The molecule has 0 fully saturated rings. The van der Waals surface area contributed by atoms with Gasteiger partial charge in [-0.15, -0.1) is 0 Å². The molecule has 0 rings (SSSR count). The third kappa shape index (κ3) is 11.9. The molecule has 0 aromatic heterocycles. The van der Waals surface area contributed by atoms with Crippen LogP contribution in [-0.2, 0) is 0 Å². The molecule has 0 aliphatic rings. The van der Waals surface area contributed by atoms with Gasteiger partial charge in [-0.25, -0.2) is 0 Å². The smallest absolute Gasteiger partial charge is 0.0431 e. The van der Waals surface area contributed by atoms with Crippen molar-refractivity contribution in [2.45, 2.75) is 78.1 Å². The van der Waals surface area contributed by atoms with Gasteiger partial charge in [0.05, 0.1) is 0 Å². The molecule has 1 nitrogen and oxygen atoms in total. The van der Waals surface area contributed by atoms with Gasteiger partial charge < -0.3 is 5.11 Å². The molecule has 0 amide bonds. The van der Waals surface area contributed by atoms with E-state index in [0.29, 0.717) is 6.61 Å². The lowest BCUT2D eigenvalue weighted by molar-refractivity contribution is 0.282. The molecule has 1 N–H and O–H groups in total. The van der Waals surface area contributed by atoms with Gasteiger partial charge in [0.15, 0.2) is 0 Å². The Morgan fingerprint density at radius 2 is 1.33 bits per heavy atom. The van der Waals surface area contributed by atoms with Gasteiger partial charge in [-0.1, -0.05) is 71.6 Å². The first kappa shape index (κ1) is 15.0. The van der Waals surface area contributed by atoms with E-state index in [4.69, 9.17) is 5.11 Å². The van der Waals surface area contributed by atoms with Gasteiger partial charge in [-0.3, -0.25) is 0 Å². The summed E-state index contributed by atoms with van der Waals surface area (Å²) in [7, 11) is 0. The monoisotopic (exact) mass is 214 g/mol. The number of aliphatic hydroxyl groups is 1. The second-order valence-electron chi connectivity index (χ2n) is 4.88. The molecule has 0 bridgehead atoms. The van der Waals surface area contributed by atoms with E-state index in [9.17, 15) is 0 Å². The van der Waals surface area contributed by atoms with E-state index < -0.39 is 0 Å². The molecule has 0 saturated carbocycles. The van der Waals surface area contributed by atoms with Crippen LogP contribution in [-0.4, -0.2) is 11.7 Å². The zero-order chi connectivity index (χ0) is 11.4. The average Bonchev–Trinajstić information content (AvgIpc) is 2.22. The van der Waals surface area contributed by atoms with E-state index in [1.54, 1.807) is 0 Å². The van der Waals surface area contributed by atoms with E-state index in [0.717, 1.165) is 12.3 Å². The Morgan fingerprint density at radius 1 is 0.800 bits per heavy atom. The molecule has 1 heteroatoms. The van der Waals surface area contributed by atoms with Crippen molar-refractivity contribution >= 4 is 0 Å². The summed E-state index contributed by atoms with van der Waals surface area (Å²) in [4.78, 5) is 0. The second kappa shape index (κ2) is 12.0. The van der Waals surface area contributed by atoms with Crippen LogP contribution >= 0.6 is 0 Å². The van der Waals surface area contributed by atoms with Crippen LogP contribution in [0.25, 0.3) is 0 Å². The SMILES string of the molecule is CCC[C@@H](C)CCCCCCCCCO. The summed E-state index contributed by atoms with van der Waals surface area (Å²) in [5.74, 6) is 0.935. The Labute approximate surface area is 96.3 Å². The topological polar surface area (TPSA) is 20.2 Å². The lowest BCUT2D eigenvalue weighted by Gasteiger charge is -2.09. The van der Waals surface area contributed by atoms with E-state index in [2.05, 4.69) is 13.8 Å². The molecule has 1 atom stereocenters. The zero-order valence-electron chi connectivity index (χ0n) is 10.8. The lowest BCUT2D eigenvalue weighted by Crippen LogP contribution is -1.93. The van der Waals surface area contributed by atoms with Gasteiger partial charge in [0, 0.05) is 6.61 Å². The Kier molecular flexibility index (Phi) is 12.0. The highest BCUT2D eigenvalue weighted by molar-refractivity contribution is 4.53. The second-order valence-corrected chi connectivity index (χ2v) is 4.88. The first-order chi connectivity index (χ1) is 7.31. The molecular formula is C14H30O. The quantitative estimate of drug-likeness (QED) is 0.501. The Morgan fingerprint density at radius 3 is 1.87 bits per heavy atom. The van der Waals surface area contributed by atoms with Crippen LogP contribution < -0.4 is 0 Å². The molecule has 0 aromatic rings. The average molecular weight is 214 g/mol. The van der Waals surface area contributed by atoms with Gasteiger partial charge in [-0.05, 0) is 12.3 Å². The molecular weight excluding hydrogens is 184 g/mol. The van der Waals surface area contributed by atoms with Gasteiger partial charge in [-0.2, -0.15) is 0 Å². The number of hydrogen-bond donors (Lipinski definition) is 1. The van der Waals surface area contributed by atoms with Crippen LogP contribution in [0.2, 0.25) is 0 Å². The molecule has 0 radical (unpaired) electrons. The lowest BCUT2D eigenvalue weighted by atomic mass is 9.98. The fourth-order valence-corrected chi connectivity index (χ4v) is 2.13. The maximum Gasteiger partial charge on any atom is 0.0431 e. The van der Waals surface area contributed by atoms with Crippen molar-refractivity contribution in [3.63, 3.8) is 0 Å². The van der Waals surface area contributed by atoms with E-state index in [1.807, 2.05) is 0 Å². The third-order valence-corrected chi connectivity index (χ3v) is 3.14. The number of unbranched alkanes of at least 4 members (excludes halogenated alkanes) is 6. The summed E-state index contributed by atoms with van der Waals surface area (Å²) in [5, 5.41) is 8.62. The van der Waals surface area contributed by atoms with Crippen LogP contribution in [0, 0.1) is 5.92 Å². The minimum Gasteiger partial charge on any atom is -0.396 e. The summed E-state index contributed by atoms with van der Waals surface area (Å²) < 4.78 is 0. The Hall–Kier alpha value is -0.0400. The van der Waals surface area contributed by atoms with Crippen LogP contribution in [0.4, 0.5) is 0 Å². The van der Waals surface area contributed by atoms with E-state index >= 15 is 0 Å². The summed E-state index contributed by atoms with van der Waals surface area (Å²) in [6.07, 6.45) is 13.3. The molecule has 0 heterocycles. The van der Waals surface area contributed by atoms with Crippen LogP contribution in [0.15, 0.2) is 0 Å². The first-order valence-corrected chi connectivity index (χ1v) is 6.92. The molecule has 0 spiro atoms. The van der Waals surface area contributed by atoms with Crippen LogP contribution in [0.1, 0.15) is 78.1 Å². The van der Waals surface area contributed by atoms with Gasteiger partial charge in [0.2, 0.25) is 0 Å². The van der Waals surface area contributed by atoms with E-state index in [1.165, 1.54) is 57.8 Å². The molecule has 0 aliphatic heterocycles. The first-order valence-electron chi connectivity index (χ1n) is 6.92. The maximum atomic E-state index is 8.62. The van der Waals surface area contributed by atoms with Crippen LogP contribution in [0.5, 0.6) is 0 Å². The zero-order valence-corrected chi connectivity index (χ0v) is 10.8. The summed E-state index contributed by atoms with van der Waals surface area (Å²) >= 11 is 0. The van der Waals surface area contributed by atoms with Crippen molar-refractivity contribution in [2.75, 3.05) is 6.61 Å². The summed E-state index contributed by atoms with van der Waals surface area (Å²) in [6, 6.07) is 0. The highest BCUT2D eigenvalue weighted by Crippen LogP contribution is 2.15. The largest absolute Gasteiger partial charge is 0.396 e. The number of rotatable bonds is 11. The molecule has 0 aromatic carbocycles. The standard InChI is InChI=1S/C14H30O/c1-3-11-14(2)12-9-7-5-4-6-8-10-13-15/h14-15H,3-13H2,1-2H3/t14-/m1/s1. The minimum absolute atomic E-state index is 0.370. The predicted octanol–water partition coefficient (Wildman–Crippen LogP) is 4.54. The minimum atomic E-state index is 0.370. The fourth-order valence-electron chi connectivity index (χ4n) is 2.13. The normalized spacial score (nSPS) is 13.0. The van der Waals surface area contributed by atoms with Gasteiger partial charge >= 0.3 is 0 Å². The summed E-state index contributed by atoms with van der Waals surface area (Å²) in [5.41, 5.74) is 0. The van der Waals surface area contributed by atoms with Crippen molar-refractivity contribution in [2.24, 2.45) is 5.92 Å². The van der Waals surface area contributed by atoms with Crippen molar-refractivity contribution in [3.05, 3.63) is 0 Å². The van der Waals surface area contributed by atoms with Crippen molar-refractivity contribution in [3.8, 4) is 0 Å². The predicted molar refractivity (Wildman–Crippen MR) is 68.1 cm³/mol. The fraction of sp³-hybridized carbons (Fsp3) is 1.00. The third-order valence-electron chi connectivity index (χ3n) is 3.14. The van der Waals surface area contributed by atoms with Crippen LogP contribution in [0.3, 0.4) is 0 Å². The maximum absolute atomic E-state index is 8.62. The van der Waals surface area contributed by atoms with Gasteiger partial charge in [0.1, 0.15) is 0 Å².